The number of ether oxygens (including phenoxy) is 3. The van der Waals surface area contributed by atoms with Gasteiger partial charge in [0.25, 0.3) is 0 Å². The zero-order valence-corrected chi connectivity index (χ0v) is 20.8. The van der Waals surface area contributed by atoms with Crippen molar-refractivity contribution in [3.8, 4) is 11.5 Å². The minimum atomic E-state index is -0.260. The minimum absolute atomic E-state index is 0.0377. The van der Waals surface area contributed by atoms with Crippen molar-refractivity contribution < 1.29 is 19.0 Å². The van der Waals surface area contributed by atoms with E-state index in [4.69, 9.17) is 19.2 Å². The highest BCUT2D eigenvalue weighted by molar-refractivity contribution is 6.16. The van der Waals surface area contributed by atoms with Gasteiger partial charge in [-0.3, -0.25) is 9.79 Å². The van der Waals surface area contributed by atoms with E-state index < -0.39 is 0 Å². The highest BCUT2D eigenvalue weighted by atomic mass is 16.5. The van der Waals surface area contributed by atoms with Crippen LogP contribution >= 0.6 is 0 Å². The topological polar surface area (TPSA) is 72.4 Å². The summed E-state index contributed by atoms with van der Waals surface area (Å²) >= 11 is 0. The average molecular weight is 476 g/mol. The first-order valence-corrected chi connectivity index (χ1v) is 12.2. The van der Waals surface area contributed by atoms with Crippen LogP contribution in [-0.4, -0.2) is 64.2 Å². The van der Waals surface area contributed by atoms with Crippen molar-refractivity contribution in [3.63, 3.8) is 0 Å². The fourth-order valence-electron chi connectivity index (χ4n) is 5.26. The van der Waals surface area contributed by atoms with Crippen LogP contribution in [0.25, 0.3) is 6.08 Å². The van der Waals surface area contributed by atoms with Crippen molar-refractivity contribution in [2.75, 3.05) is 39.3 Å². The van der Waals surface area contributed by atoms with Gasteiger partial charge >= 0.3 is 0 Å². The molecule has 2 bridgehead atoms. The Balaban J connectivity index is 1.55. The number of morpholine rings is 1. The lowest BCUT2D eigenvalue weighted by atomic mass is 9.96. The SMILES string of the molecule is CNC(=O)CC1N=C(c2ccc(N3CC4CCC(C3)O4)cc2)c2cc(OC)c(OC)cc2C=C1C. The third kappa shape index (κ3) is 4.65. The van der Waals surface area contributed by atoms with E-state index in [0.717, 1.165) is 53.9 Å². The Morgan fingerprint density at radius 2 is 1.74 bits per heavy atom. The van der Waals surface area contributed by atoms with Crippen molar-refractivity contribution >= 4 is 23.4 Å². The second-order valence-corrected chi connectivity index (χ2v) is 9.46. The van der Waals surface area contributed by atoms with Gasteiger partial charge in [0.15, 0.2) is 11.5 Å². The summed E-state index contributed by atoms with van der Waals surface area (Å²) in [7, 11) is 4.93. The summed E-state index contributed by atoms with van der Waals surface area (Å²) in [4.78, 5) is 19.8. The number of rotatable bonds is 6. The smallest absolute Gasteiger partial charge is 0.222 e. The molecule has 35 heavy (non-hydrogen) atoms. The molecule has 2 aromatic rings. The van der Waals surface area contributed by atoms with E-state index >= 15 is 0 Å². The molecule has 0 spiro atoms. The van der Waals surface area contributed by atoms with Crippen LogP contribution < -0.4 is 19.7 Å². The zero-order valence-electron chi connectivity index (χ0n) is 20.8. The molecule has 2 saturated heterocycles. The fourth-order valence-corrected chi connectivity index (χ4v) is 5.26. The van der Waals surface area contributed by atoms with Crippen LogP contribution in [-0.2, 0) is 9.53 Å². The van der Waals surface area contributed by atoms with Gasteiger partial charge in [0.1, 0.15) is 0 Å². The van der Waals surface area contributed by atoms with Gasteiger partial charge in [0, 0.05) is 37.0 Å². The number of nitrogens with one attached hydrogen (secondary N) is 1. The van der Waals surface area contributed by atoms with E-state index in [1.54, 1.807) is 21.3 Å². The summed E-state index contributed by atoms with van der Waals surface area (Å²) in [6.45, 7) is 3.90. The summed E-state index contributed by atoms with van der Waals surface area (Å²) in [5, 5.41) is 2.73. The van der Waals surface area contributed by atoms with Gasteiger partial charge in [-0.25, -0.2) is 0 Å². The van der Waals surface area contributed by atoms with Gasteiger partial charge in [-0.05, 0) is 55.2 Å². The molecule has 7 heteroatoms. The number of benzene rings is 2. The summed E-state index contributed by atoms with van der Waals surface area (Å²) in [5.41, 5.74) is 6.02. The van der Waals surface area contributed by atoms with Gasteiger partial charge < -0.3 is 24.4 Å². The number of nitrogens with zero attached hydrogens (tertiary/aromatic N) is 2. The van der Waals surface area contributed by atoms with Gasteiger partial charge in [0.05, 0.1) is 44.6 Å². The molecule has 0 radical (unpaired) electrons. The van der Waals surface area contributed by atoms with E-state index in [0.29, 0.717) is 30.1 Å². The maximum Gasteiger partial charge on any atom is 0.222 e. The molecule has 5 rings (SSSR count). The number of aliphatic imine (C=N–C) groups is 1. The minimum Gasteiger partial charge on any atom is -0.493 e. The number of carbonyl (C=O) groups excluding carboxylic acids is 1. The van der Waals surface area contributed by atoms with Gasteiger partial charge in [-0.1, -0.05) is 18.2 Å². The molecule has 2 fully saturated rings. The molecular weight excluding hydrogens is 442 g/mol. The third-order valence-electron chi connectivity index (χ3n) is 7.21. The van der Waals surface area contributed by atoms with Gasteiger partial charge in [0.2, 0.25) is 5.91 Å². The van der Waals surface area contributed by atoms with Crippen LogP contribution in [0.3, 0.4) is 0 Å². The van der Waals surface area contributed by atoms with Crippen LogP contribution in [0.4, 0.5) is 5.69 Å². The molecule has 0 aliphatic carbocycles. The van der Waals surface area contributed by atoms with E-state index in [2.05, 4.69) is 40.6 Å². The Labute approximate surface area is 206 Å². The molecule has 3 unspecified atom stereocenters. The normalized spacial score (nSPS) is 23.1. The van der Waals surface area contributed by atoms with E-state index in [1.807, 2.05) is 19.1 Å². The fraction of sp³-hybridized carbons (Fsp3) is 0.429. The van der Waals surface area contributed by atoms with Crippen molar-refractivity contribution in [2.24, 2.45) is 4.99 Å². The number of fused-ring (bicyclic) bond motifs is 3. The number of amides is 1. The lowest BCUT2D eigenvalue weighted by Crippen LogP contribution is -2.42. The number of carbonyl (C=O) groups is 1. The summed E-state index contributed by atoms with van der Waals surface area (Å²) in [5.74, 6) is 1.27. The molecule has 3 atom stereocenters. The van der Waals surface area contributed by atoms with Crippen LogP contribution in [0, 0.1) is 0 Å². The van der Waals surface area contributed by atoms with Crippen LogP contribution in [0.1, 0.15) is 42.9 Å². The summed E-state index contributed by atoms with van der Waals surface area (Å²) in [6, 6.07) is 12.3. The highest BCUT2D eigenvalue weighted by Gasteiger charge is 2.33. The maximum absolute atomic E-state index is 12.3. The number of anilines is 1. The van der Waals surface area contributed by atoms with E-state index in [-0.39, 0.29) is 11.9 Å². The lowest BCUT2D eigenvalue weighted by Gasteiger charge is -2.34. The Hall–Kier alpha value is -3.32. The van der Waals surface area contributed by atoms with E-state index in [9.17, 15) is 4.79 Å². The lowest BCUT2D eigenvalue weighted by molar-refractivity contribution is -0.120. The molecule has 2 aromatic carbocycles. The third-order valence-corrected chi connectivity index (χ3v) is 7.21. The second-order valence-electron chi connectivity index (χ2n) is 9.46. The summed E-state index contributed by atoms with van der Waals surface area (Å²) < 4.78 is 17.2. The molecule has 1 amide bonds. The Morgan fingerprint density at radius 1 is 1.09 bits per heavy atom. The number of hydrogen-bond donors (Lipinski definition) is 1. The monoisotopic (exact) mass is 475 g/mol. The van der Waals surface area contributed by atoms with Crippen LogP contribution in [0.15, 0.2) is 47.0 Å². The molecule has 3 heterocycles. The Morgan fingerprint density at radius 3 is 2.37 bits per heavy atom. The standard InChI is InChI=1S/C28H33N3O4/c1-17-11-19-12-25(33-3)26(34-4)13-23(19)28(30-24(17)14-27(32)29-2)18-5-7-20(8-6-18)31-15-21-9-10-22(16-31)35-21/h5-8,11-13,21-22,24H,9-10,14-16H2,1-4H3,(H,29,32). The van der Waals surface area contributed by atoms with Crippen molar-refractivity contribution in [3.05, 3.63) is 58.7 Å². The maximum atomic E-state index is 12.3. The molecule has 0 saturated carbocycles. The van der Waals surface area contributed by atoms with Gasteiger partial charge in [-0.15, -0.1) is 0 Å². The molecule has 3 aliphatic rings. The first-order chi connectivity index (χ1) is 17.0. The first-order valence-electron chi connectivity index (χ1n) is 12.2. The van der Waals surface area contributed by atoms with Crippen LogP contribution in [0.5, 0.6) is 11.5 Å². The average Bonchev–Trinajstić information content (AvgIpc) is 3.16. The zero-order chi connectivity index (χ0) is 24.5. The molecule has 7 nitrogen and oxygen atoms in total. The predicted molar refractivity (Wildman–Crippen MR) is 138 cm³/mol. The second kappa shape index (κ2) is 9.74. The number of methoxy groups -OCH3 is 2. The number of hydrogen-bond acceptors (Lipinski definition) is 6. The molecular formula is C28H33N3O4. The molecule has 0 aromatic heterocycles. The predicted octanol–water partition coefficient (Wildman–Crippen LogP) is 3.83. The molecule has 1 N–H and O–H groups in total. The quantitative estimate of drug-likeness (QED) is 0.688. The molecule has 184 valence electrons. The van der Waals surface area contributed by atoms with E-state index in [1.165, 1.54) is 5.69 Å². The summed E-state index contributed by atoms with van der Waals surface area (Å²) in [6.07, 6.45) is 5.37. The van der Waals surface area contributed by atoms with Crippen molar-refractivity contribution in [1.82, 2.24) is 5.32 Å². The Bertz CT molecular complexity index is 1160. The Kier molecular flexibility index (Phi) is 6.52. The molecule has 3 aliphatic heterocycles. The van der Waals surface area contributed by atoms with Crippen molar-refractivity contribution in [2.45, 2.75) is 44.4 Å². The highest BCUT2D eigenvalue weighted by Crippen LogP contribution is 2.36. The van der Waals surface area contributed by atoms with Crippen LogP contribution in [0.2, 0.25) is 0 Å². The van der Waals surface area contributed by atoms with Gasteiger partial charge in [-0.2, -0.15) is 0 Å². The largest absolute Gasteiger partial charge is 0.493 e. The first kappa shape index (κ1) is 23.4. The van der Waals surface area contributed by atoms with Crippen molar-refractivity contribution in [1.29, 1.82) is 0 Å².